The maximum Gasteiger partial charge on any atom is 0.233 e. The summed E-state index contributed by atoms with van der Waals surface area (Å²) in [6, 6.07) is 27.3. The number of nitrogens with zero attached hydrogens (tertiary/aromatic N) is 2. The Labute approximate surface area is 202 Å². The number of β-lactam (4-membered cyclic amide) rings is 1. The van der Waals surface area contributed by atoms with Crippen LogP contribution in [0.3, 0.4) is 0 Å². The quantitative estimate of drug-likeness (QED) is 0.494. The molecule has 0 saturated carbocycles. The molecule has 3 aromatic carbocycles. The lowest BCUT2D eigenvalue weighted by Crippen LogP contribution is -2.55. The first kappa shape index (κ1) is 22.5. The average molecular weight is 456 g/mol. The van der Waals surface area contributed by atoms with Gasteiger partial charge in [-0.1, -0.05) is 42.5 Å². The van der Waals surface area contributed by atoms with E-state index in [-0.39, 0.29) is 17.9 Å². The maximum absolute atomic E-state index is 13.3. The van der Waals surface area contributed by atoms with Gasteiger partial charge in [-0.05, 0) is 66.8 Å². The van der Waals surface area contributed by atoms with Gasteiger partial charge in [0.15, 0.2) is 0 Å². The molecule has 5 heteroatoms. The molecule has 1 amide bonds. The molecule has 5 nitrogen and oxygen atoms in total. The number of ether oxygens (including phenoxy) is 1. The molecule has 1 N–H and O–H groups in total. The molecule has 34 heavy (non-hydrogen) atoms. The van der Waals surface area contributed by atoms with Gasteiger partial charge in [-0.25, -0.2) is 0 Å². The largest absolute Gasteiger partial charge is 0.497 e. The predicted molar refractivity (Wildman–Crippen MR) is 138 cm³/mol. The number of methoxy groups -OCH3 is 1. The molecule has 0 bridgehead atoms. The smallest absolute Gasteiger partial charge is 0.233 e. The lowest BCUT2D eigenvalue weighted by Gasteiger charge is -2.48. The van der Waals surface area contributed by atoms with Crippen LogP contribution >= 0.6 is 0 Å². The summed E-state index contributed by atoms with van der Waals surface area (Å²) in [7, 11) is 1.66. The van der Waals surface area contributed by atoms with Crippen molar-refractivity contribution in [2.45, 2.75) is 25.3 Å². The van der Waals surface area contributed by atoms with Crippen LogP contribution < -0.4 is 19.9 Å². The Balaban J connectivity index is 1.35. The van der Waals surface area contributed by atoms with Crippen molar-refractivity contribution in [3.63, 3.8) is 0 Å². The van der Waals surface area contributed by atoms with Crippen LogP contribution in [0.25, 0.3) is 0 Å². The summed E-state index contributed by atoms with van der Waals surface area (Å²) in [5, 5.41) is 3.41. The fourth-order valence-electron chi connectivity index (χ4n) is 5.22. The number of piperazine rings is 1. The first-order chi connectivity index (χ1) is 16.7. The summed E-state index contributed by atoms with van der Waals surface area (Å²) < 4.78 is 5.31. The standard InChI is InChI=1S/C29H33N3O2/c1-34-26-16-14-25(15-17-26)32-28(23-10-12-24(13-11-23)31-20-18-30-19-21-31)27(29(32)33)9-5-8-22-6-3-2-4-7-22/h2-4,6-7,10-17,27-28,30H,5,8-9,18-21H2,1H3/t27-,28-/m1/s1. The maximum atomic E-state index is 13.3. The van der Waals surface area contributed by atoms with E-state index in [0.717, 1.165) is 56.9 Å². The SMILES string of the molecule is COc1ccc(N2C(=O)[C@H](CCCc3ccccc3)[C@H]2c2ccc(N3CCNCC3)cc2)cc1. The number of benzene rings is 3. The molecular formula is C29H33N3O2. The zero-order valence-electron chi connectivity index (χ0n) is 19.8. The van der Waals surface area contributed by atoms with Crippen molar-refractivity contribution in [2.75, 3.05) is 43.1 Å². The molecule has 2 fully saturated rings. The third-order valence-corrected chi connectivity index (χ3v) is 7.10. The number of anilines is 2. The second-order valence-corrected chi connectivity index (χ2v) is 9.16. The molecule has 2 saturated heterocycles. The Kier molecular flexibility index (Phi) is 6.82. The number of aryl methyl sites for hydroxylation is 1. The van der Waals surface area contributed by atoms with E-state index < -0.39 is 0 Å². The van der Waals surface area contributed by atoms with Gasteiger partial charge >= 0.3 is 0 Å². The highest BCUT2D eigenvalue weighted by molar-refractivity contribution is 6.03. The number of rotatable bonds is 8. The second kappa shape index (κ2) is 10.3. The highest BCUT2D eigenvalue weighted by atomic mass is 16.5. The number of carbonyl (C=O) groups is 1. The van der Waals surface area contributed by atoms with Gasteiger partial charge in [0.2, 0.25) is 5.91 Å². The van der Waals surface area contributed by atoms with E-state index in [1.165, 1.54) is 16.8 Å². The molecule has 176 valence electrons. The lowest BCUT2D eigenvalue weighted by molar-refractivity contribution is -0.130. The summed E-state index contributed by atoms with van der Waals surface area (Å²) in [6.07, 6.45) is 2.90. The van der Waals surface area contributed by atoms with Gasteiger partial charge in [0.05, 0.1) is 19.1 Å². The Morgan fingerprint density at radius 3 is 2.24 bits per heavy atom. The number of nitrogens with one attached hydrogen (secondary N) is 1. The van der Waals surface area contributed by atoms with Gasteiger partial charge in [0.1, 0.15) is 5.75 Å². The Morgan fingerprint density at radius 2 is 1.56 bits per heavy atom. The molecule has 5 rings (SSSR count). The van der Waals surface area contributed by atoms with Gasteiger partial charge < -0.3 is 19.9 Å². The van der Waals surface area contributed by atoms with Crippen LogP contribution in [0.2, 0.25) is 0 Å². The highest BCUT2D eigenvalue weighted by Crippen LogP contribution is 2.46. The van der Waals surface area contributed by atoms with Gasteiger partial charge in [-0.15, -0.1) is 0 Å². The Hall–Kier alpha value is -3.31. The minimum atomic E-state index is 0.0100. The van der Waals surface area contributed by atoms with Crippen molar-refractivity contribution in [1.29, 1.82) is 0 Å². The van der Waals surface area contributed by atoms with Crippen molar-refractivity contribution < 1.29 is 9.53 Å². The van der Waals surface area contributed by atoms with E-state index in [0.29, 0.717) is 0 Å². The van der Waals surface area contributed by atoms with E-state index in [1.54, 1.807) is 7.11 Å². The van der Waals surface area contributed by atoms with E-state index >= 15 is 0 Å². The Bertz CT molecular complexity index is 1080. The molecule has 2 aliphatic rings. The molecular weight excluding hydrogens is 422 g/mol. The lowest BCUT2D eigenvalue weighted by atomic mass is 9.78. The third-order valence-electron chi connectivity index (χ3n) is 7.10. The minimum Gasteiger partial charge on any atom is -0.497 e. The van der Waals surface area contributed by atoms with Crippen LogP contribution in [0.4, 0.5) is 11.4 Å². The molecule has 2 heterocycles. The summed E-state index contributed by atoms with van der Waals surface area (Å²) in [4.78, 5) is 17.7. The molecule has 0 radical (unpaired) electrons. The van der Waals surface area contributed by atoms with Crippen molar-refractivity contribution >= 4 is 17.3 Å². The van der Waals surface area contributed by atoms with Gasteiger partial charge in [0, 0.05) is 37.6 Å². The summed E-state index contributed by atoms with van der Waals surface area (Å²) in [5.74, 6) is 1.03. The Morgan fingerprint density at radius 1 is 0.882 bits per heavy atom. The van der Waals surface area contributed by atoms with E-state index in [1.807, 2.05) is 35.2 Å². The van der Waals surface area contributed by atoms with E-state index in [2.05, 4.69) is 58.7 Å². The van der Waals surface area contributed by atoms with Gasteiger partial charge in [0.25, 0.3) is 0 Å². The average Bonchev–Trinajstić information content (AvgIpc) is 2.91. The van der Waals surface area contributed by atoms with Crippen LogP contribution in [0, 0.1) is 5.92 Å². The zero-order chi connectivity index (χ0) is 23.3. The minimum absolute atomic E-state index is 0.0100. The predicted octanol–water partition coefficient (Wildman–Crippen LogP) is 4.83. The third kappa shape index (κ3) is 4.66. The summed E-state index contributed by atoms with van der Waals surface area (Å²) >= 11 is 0. The number of carbonyl (C=O) groups excluding carboxylic acids is 1. The highest BCUT2D eigenvalue weighted by Gasteiger charge is 2.48. The molecule has 0 spiro atoms. The van der Waals surface area contributed by atoms with Crippen molar-refractivity contribution in [1.82, 2.24) is 5.32 Å². The number of hydrogen-bond donors (Lipinski definition) is 1. The molecule has 0 aromatic heterocycles. The monoisotopic (exact) mass is 455 g/mol. The van der Waals surface area contributed by atoms with Crippen LogP contribution in [-0.4, -0.2) is 39.2 Å². The normalized spacial score (nSPS) is 20.2. The summed E-state index contributed by atoms with van der Waals surface area (Å²) in [5.41, 5.74) is 4.73. The number of hydrogen-bond acceptors (Lipinski definition) is 4. The van der Waals surface area contributed by atoms with E-state index in [9.17, 15) is 4.79 Å². The van der Waals surface area contributed by atoms with Crippen molar-refractivity contribution in [3.8, 4) is 5.75 Å². The van der Waals surface area contributed by atoms with Gasteiger partial charge in [-0.3, -0.25) is 4.79 Å². The fraction of sp³-hybridized carbons (Fsp3) is 0.345. The fourth-order valence-corrected chi connectivity index (χ4v) is 5.22. The van der Waals surface area contributed by atoms with Crippen LogP contribution in [0.1, 0.15) is 30.0 Å². The van der Waals surface area contributed by atoms with Crippen LogP contribution in [0.15, 0.2) is 78.9 Å². The molecule has 2 atom stereocenters. The second-order valence-electron chi connectivity index (χ2n) is 9.16. The topological polar surface area (TPSA) is 44.8 Å². The van der Waals surface area contributed by atoms with Crippen molar-refractivity contribution in [2.24, 2.45) is 5.92 Å². The van der Waals surface area contributed by atoms with Crippen LogP contribution in [0.5, 0.6) is 5.75 Å². The first-order valence-corrected chi connectivity index (χ1v) is 12.3. The summed E-state index contributed by atoms with van der Waals surface area (Å²) in [6.45, 7) is 4.10. The first-order valence-electron chi connectivity index (χ1n) is 12.3. The van der Waals surface area contributed by atoms with Crippen LogP contribution in [-0.2, 0) is 11.2 Å². The molecule has 0 aliphatic carbocycles. The molecule has 3 aromatic rings. The van der Waals surface area contributed by atoms with Gasteiger partial charge in [-0.2, -0.15) is 0 Å². The zero-order valence-corrected chi connectivity index (χ0v) is 19.8. The molecule has 0 unspecified atom stereocenters. The van der Waals surface area contributed by atoms with E-state index in [4.69, 9.17) is 4.74 Å². The molecule has 2 aliphatic heterocycles. The van der Waals surface area contributed by atoms with Crippen molar-refractivity contribution in [3.05, 3.63) is 90.0 Å². The number of amides is 1.